The zero-order valence-corrected chi connectivity index (χ0v) is 27.0. The first-order valence-corrected chi connectivity index (χ1v) is 15.0. The van der Waals surface area contributed by atoms with Crippen LogP contribution in [0, 0.1) is 29.1 Å². The zero-order valence-electron chi connectivity index (χ0n) is 27.0. The minimum Gasteiger partial charge on any atom is -0.298 e. The van der Waals surface area contributed by atoms with Gasteiger partial charge in [-0.25, -0.2) is 0 Å². The van der Waals surface area contributed by atoms with Gasteiger partial charge in [-0.3, -0.25) is 19.2 Å². The van der Waals surface area contributed by atoms with Gasteiger partial charge < -0.3 is 0 Å². The van der Waals surface area contributed by atoms with E-state index in [2.05, 4.69) is 25.3 Å². The Hall–Kier alpha value is -3.40. The highest BCUT2D eigenvalue weighted by Crippen LogP contribution is 2.49. The maximum absolute atomic E-state index is 14.8. The largest absolute Gasteiger partial charge is 0.298 e. The van der Waals surface area contributed by atoms with Crippen LogP contribution in [0.4, 0.5) is 0 Å². The number of ketones is 4. The molecule has 1 aliphatic carbocycles. The predicted octanol–water partition coefficient (Wildman–Crippen LogP) is 9.04. The predicted molar refractivity (Wildman–Crippen MR) is 173 cm³/mol. The molecule has 1 saturated carbocycles. The SMILES string of the molecule is C=C(C)C(CC=C(C)C)CC1(CC(CC=C(C)C)C(=C)C)C(=O)C(CC=C(C)C)C(=O)C(C(=O)c2ccccc2)C1=O. The molecule has 4 unspecified atom stereocenters. The van der Waals surface area contributed by atoms with Crippen molar-refractivity contribution in [3.8, 4) is 0 Å². The van der Waals surface area contributed by atoms with Crippen molar-refractivity contribution >= 4 is 23.1 Å². The molecule has 0 aliphatic heterocycles. The number of rotatable bonds is 14. The standard InChI is InChI=1S/C38H50O4/c1-24(2)16-19-30(27(7)8)22-38(23-31(28(9)10)20-17-25(3)4)36(41)32(21-18-26(5)6)35(40)33(37(38)42)34(39)29-14-12-11-13-15-29/h11-18,30-33H,7,9,19-23H2,1-6,8,10H3. The molecule has 0 amide bonds. The second-order valence-corrected chi connectivity index (χ2v) is 13.0. The lowest BCUT2D eigenvalue weighted by atomic mass is 9.54. The number of hydrogen-bond acceptors (Lipinski definition) is 4. The monoisotopic (exact) mass is 570 g/mol. The average Bonchev–Trinajstić information content (AvgIpc) is 2.91. The second-order valence-electron chi connectivity index (χ2n) is 13.0. The molecule has 0 saturated heterocycles. The Kier molecular flexibility index (Phi) is 12.6. The van der Waals surface area contributed by atoms with Crippen LogP contribution in [0.1, 0.15) is 97.9 Å². The Morgan fingerprint density at radius 2 is 1.19 bits per heavy atom. The number of allylic oxidation sites excluding steroid dienone is 8. The minimum absolute atomic E-state index is 0.172. The lowest BCUT2D eigenvalue weighted by Crippen LogP contribution is -2.59. The van der Waals surface area contributed by atoms with Crippen LogP contribution in [-0.4, -0.2) is 23.1 Å². The van der Waals surface area contributed by atoms with E-state index in [0.29, 0.717) is 18.4 Å². The van der Waals surface area contributed by atoms with Gasteiger partial charge in [-0.15, -0.1) is 0 Å². The van der Waals surface area contributed by atoms with Crippen LogP contribution in [0.5, 0.6) is 0 Å². The van der Waals surface area contributed by atoms with E-state index in [1.807, 2.05) is 61.5 Å². The van der Waals surface area contributed by atoms with Gasteiger partial charge >= 0.3 is 0 Å². The maximum atomic E-state index is 14.8. The molecule has 1 aromatic carbocycles. The third-order valence-electron chi connectivity index (χ3n) is 8.44. The maximum Gasteiger partial charge on any atom is 0.180 e. The van der Waals surface area contributed by atoms with E-state index in [4.69, 9.17) is 0 Å². The molecule has 0 N–H and O–H groups in total. The summed E-state index contributed by atoms with van der Waals surface area (Å²) in [7, 11) is 0. The molecule has 1 aromatic rings. The van der Waals surface area contributed by atoms with Gasteiger partial charge in [-0.05, 0) is 99.3 Å². The Balaban J connectivity index is 2.86. The summed E-state index contributed by atoms with van der Waals surface area (Å²) in [6.45, 7) is 24.2. The highest BCUT2D eigenvalue weighted by atomic mass is 16.2. The summed E-state index contributed by atoms with van der Waals surface area (Å²) >= 11 is 0. The summed E-state index contributed by atoms with van der Waals surface area (Å²) in [5.41, 5.74) is 3.75. The number of carbonyl (C=O) groups is 4. The van der Waals surface area contributed by atoms with Crippen molar-refractivity contribution in [1.29, 1.82) is 0 Å². The molecule has 0 spiro atoms. The molecule has 2 rings (SSSR count). The summed E-state index contributed by atoms with van der Waals surface area (Å²) in [5, 5.41) is 0. The molecule has 0 radical (unpaired) electrons. The third-order valence-corrected chi connectivity index (χ3v) is 8.44. The topological polar surface area (TPSA) is 68.3 Å². The van der Waals surface area contributed by atoms with Crippen molar-refractivity contribution in [2.24, 2.45) is 29.1 Å². The smallest absolute Gasteiger partial charge is 0.180 e. The Morgan fingerprint density at radius 3 is 1.60 bits per heavy atom. The van der Waals surface area contributed by atoms with Gasteiger partial charge in [-0.2, -0.15) is 0 Å². The van der Waals surface area contributed by atoms with Crippen LogP contribution in [0.3, 0.4) is 0 Å². The number of hydrogen-bond donors (Lipinski definition) is 0. The van der Waals surface area contributed by atoms with Gasteiger partial charge in [0.05, 0.1) is 11.3 Å². The van der Waals surface area contributed by atoms with Gasteiger partial charge in [0, 0.05) is 5.56 Å². The minimum atomic E-state index is -1.53. The molecular weight excluding hydrogens is 520 g/mol. The fourth-order valence-corrected chi connectivity index (χ4v) is 5.79. The molecule has 0 aromatic heterocycles. The van der Waals surface area contributed by atoms with Gasteiger partial charge in [0.15, 0.2) is 23.1 Å². The normalized spacial score (nSPS) is 21.7. The number of Topliss-reactive ketones (excluding diaryl/α,β-unsaturated/α-hetero) is 4. The molecule has 0 heterocycles. The highest BCUT2D eigenvalue weighted by Gasteiger charge is 2.60. The van der Waals surface area contributed by atoms with E-state index in [-0.39, 0.29) is 36.9 Å². The summed E-state index contributed by atoms with van der Waals surface area (Å²) in [6.07, 6.45) is 7.89. The van der Waals surface area contributed by atoms with Crippen LogP contribution in [-0.2, 0) is 14.4 Å². The fraction of sp³-hybridized carbons (Fsp3) is 0.474. The van der Waals surface area contributed by atoms with Crippen LogP contribution < -0.4 is 0 Å². The molecule has 226 valence electrons. The highest BCUT2D eigenvalue weighted by molar-refractivity contribution is 6.36. The first-order valence-electron chi connectivity index (χ1n) is 15.0. The van der Waals surface area contributed by atoms with Crippen LogP contribution in [0.25, 0.3) is 0 Å². The average molecular weight is 571 g/mol. The van der Waals surface area contributed by atoms with E-state index >= 15 is 0 Å². The van der Waals surface area contributed by atoms with E-state index in [1.165, 1.54) is 0 Å². The first-order chi connectivity index (χ1) is 19.6. The molecule has 4 heteroatoms. The molecule has 0 bridgehead atoms. The summed E-state index contributed by atoms with van der Waals surface area (Å²) in [4.78, 5) is 57.4. The Bertz CT molecular complexity index is 1250. The van der Waals surface area contributed by atoms with Crippen molar-refractivity contribution in [1.82, 2.24) is 0 Å². The Morgan fingerprint density at radius 1 is 0.738 bits per heavy atom. The van der Waals surface area contributed by atoms with Crippen molar-refractivity contribution in [3.05, 3.63) is 95.1 Å². The molecule has 1 fully saturated rings. The fourth-order valence-electron chi connectivity index (χ4n) is 5.79. The molecule has 42 heavy (non-hydrogen) atoms. The lowest BCUT2D eigenvalue weighted by Gasteiger charge is -2.44. The second kappa shape index (κ2) is 15.2. The first kappa shape index (κ1) is 34.8. The van der Waals surface area contributed by atoms with Gasteiger partial charge in [0.25, 0.3) is 0 Å². The van der Waals surface area contributed by atoms with Crippen molar-refractivity contribution < 1.29 is 19.2 Å². The molecule has 1 aliphatic rings. The van der Waals surface area contributed by atoms with Crippen LogP contribution in [0.2, 0.25) is 0 Å². The Labute approximate surface area is 253 Å². The van der Waals surface area contributed by atoms with E-state index < -0.39 is 34.6 Å². The van der Waals surface area contributed by atoms with E-state index in [1.54, 1.807) is 30.3 Å². The molecule has 4 nitrogen and oxygen atoms in total. The zero-order chi connectivity index (χ0) is 31.8. The van der Waals surface area contributed by atoms with Crippen molar-refractivity contribution in [2.75, 3.05) is 0 Å². The number of benzene rings is 1. The van der Waals surface area contributed by atoms with Gasteiger partial charge in [-0.1, -0.05) is 89.6 Å². The summed E-state index contributed by atoms with van der Waals surface area (Å²) < 4.78 is 0. The molecular formula is C38H50O4. The summed E-state index contributed by atoms with van der Waals surface area (Å²) in [5.74, 6) is -4.98. The van der Waals surface area contributed by atoms with Gasteiger partial charge in [0.2, 0.25) is 0 Å². The molecule has 4 atom stereocenters. The van der Waals surface area contributed by atoms with E-state index in [0.717, 1.165) is 27.9 Å². The third kappa shape index (κ3) is 8.56. The van der Waals surface area contributed by atoms with E-state index in [9.17, 15) is 19.2 Å². The van der Waals surface area contributed by atoms with Crippen LogP contribution >= 0.6 is 0 Å². The van der Waals surface area contributed by atoms with Crippen molar-refractivity contribution in [2.45, 2.75) is 87.5 Å². The van der Waals surface area contributed by atoms with Crippen molar-refractivity contribution in [3.63, 3.8) is 0 Å². The van der Waals surface area contributed by atoms with Gasteiger partial charge in [0.1, 0.15) is 5.92 Å². The quantitative estimate of drug-likeness (QED) is 0.127. The number of carbonyl (C=O) groups excluding carboxylic acids is 4. The lowest BCUT2D eigenvalue weighted by molar-refractivity contribution is -0.157. The van der Waals surface area contributed by atoms with Crippen LogP contribution in [0.15, 0.2) is 89.6 Å². The summed E-state index contributed by atoms with van der Waals surface area (Å²) in [6, 6.07) is 8.48.